The van der Waals surface area contributed by atoms with E-state index in [1.54, 1.807) is 22.6 Å². The van der Waals surface area contributed by atoms with E-state index < -0.39 is 10.0 Å². The van der Waals surface area contributed by atoms with Gasteiger partial charge in [-0.15, -0.1) is 0 Å². The molecule has 6 heteroatoms. The number of sulfonamides is 1. The first-order chi connectivity index (χ1) is 9.50. The van der Waals surface area contributed by atoms with Crippen LogP contribution in [-0.4, -0.2) is 43.4 Å². The molecular weight excluding hydrogens is 274 g/mol. The van der Waals surface area contributed by atoms with Gasteiger partial charge in [-0.05, 0) is 37.4 Å². The fraction of sp³-hybridized carbons (Fsp3) is 0.643. The minimum absolute atomic E-state index is 0.289. The summed E-state index contributed by atoms with van der Waals surface area (Å²) in [6.45, 7) is 6.28. The number of nitrogens with zero attached hydrogens (tertiary/aromatic N) is 2. The van der Waals surface area contributed by atoms with Gasteiger partial charge in [0.2, 0.25) is 10.0 Å². The van der Waals surface area contributed by atoms with Gasteiger partial charge in [0, 0.05) is 31.5 Å². The Bertz CT molecular complexity index is 516. The van der Waals surface area contributed by atoms with Crippen LogP contribution in [0.25, 0.3) is 0 Å². The van der Waals surface area contributed by atoms with Crippen molar-refractivity contribution in [2.24, 2.45) is 5.92 Å². The molecule has 0 amide bonds. The standard InChI is InChI=1S/C14H23N3O2S/c1-12(2)16-9-13-5-4-8-17(11-13)20(18,19)14-6-3-7-15-10-14/h3,6-7,10,12-13,16H,4-5,8-9,11H2,1-2H3. The van der Waals surface area contributed by atoms with E-state index in [2.05, 4.69) is 24.1 Å². The first kappa shape index (κ1) is 15.4. The molecular formula is C14H23N3O2S. The summed E-state index contributed by atoms with van der Waals surface area (Å²) in [6, 6.07) is 3.70. The van der Waals surface area contributed by atoms with Crippen molar-refractivity contribution in [2.75, 3.05) is 19.6 Å². The van der Waals surface area contributed by atoms with E-state index in [-0.39, 0.29) is 4.90 Å². The topological polar surface area (TPSA) is 62.3 Å². The van der Waals surface area contributed by atoms with Gasteiger partial charge in [0.25, 0.3) is 0 Å². The molecule has 1 unspecified atom stereocenters. The normalized spacial score (nSPS) is 21.2. The van der Waals surface area contributed by atoms with Crippen molar-refractivity contribution in [3.63, 3.8) is 0 Å². The van der Waals surface area contributed by atoms with Gasteiger partial charge in [0.1, 0.15) is 4.90 Å². The van der Waals surface area contributed by atoms with Crippen molar-refractivity contribution < 1.29 is 8.42 Å². The largest absolute Gasteiger partial charge is 0.314 e. The van der Waals surface area contributed by atoms with E-state index in [1.165, 1.54) is 6.20 Å². The molecule has 1 aliphatic heterocycles. The lowest BCUT2D eigenvalue weighted by Gasteiger charge is -2.32. The molecule has 1 fully saturated rings. The second-order valence-electron chi connectivity index (χ2n) is 5.62. The summed E-state index contributed by atoms with van der Waals surface area (Å²) in [5, 5.41) is 3.39. The van der Waals surface area contributed by atoms with Crippen molar-refractivity contribution in [3.8, 4) is 0 Å². The highest BCUT2D eigenvalue weighted by atomic mass is 32.2. The molecule has 1 aromatic rings. The van der Waals surface area contributed by atoms with Crippen molar-refractivity contribution in [1.82, 2.24) is 14.6 Å². The third kappa shape index (κ3) is 3.77. The number of aromatic nitrogens is 1. The van der Waals surface area contributed by atoms with E-state index in [0.29, 0.717) is 25.0 Å². The van der Waals surface area contributed by atoms with Crippen molar-refractivity contribution in [3.05, 3.63) is 24.5 Å². The predicted octanol–water partition coefficient (Wildman–Crippen LogP) is 1.48. The van der Waals surface area contributed by atoms with Gasteiger partial charge in [0.15, 0.2) is 0 Å². The van der Waals surface area contributed by atoms with Gasteiger partial charge in [-0.25, -0.2) is 8.42 Å². The van der Waals surface area contributed by atoms with E-state index in [9.17, 15) is 8.42 Å². The average molecular weight is 297 g/mol. The lowest BCUT2D eigenvalue weighted by molar-refractivity contribution is 0.256. The second-order valence-corrected chi connectivity index (χ2v) is 7.56. The summed E-state index contributed by atoms with van der Waals surface area (Å²) in [6.07, 6.45) is 5.01. The number of hydrogen-bond acceptors (Lipinski definition) is 4. The number of piperidine rings is 1. The minimum atomic E-state index is -3.39. The van der Waals surface area contributed by atoms with E-state index in [1.807, 2.05) is 0 Å². The molecule has 112 valence electrons. The Labute approximate surface area is 121 Å². The molecule has 1 atom stereocenters. The highest BCUT2D eigenvalue weighted by Gasteiger charge is 2.30. The van der Waals surface area contributed by atoms with Crippen LogP contribution in [0.15, 0.2) is 29.4 Å². The molecule has 0 spiro atoms. The molecule has 20 heavy (non-hydrogen) atoms. The van der Waals surface area contributed by atoms with Crippen LogP contribution in [-0.2, 0) is 10.0 Å². The minimum Gasteiger partial charge on any atom is -0.314 e. The van der Waals surface area contributed by atoms with E-state index in [0.717, 1.165) is 19.4 Å². The lowest BCUT2D eigenvalue weighted by Crippen LogP contribution is -2.43. The molecule has 0 radical (unpaired) electrons. The maximum Gasteiger partial charge on any atom is 0.244 e. The molecule has 2 heterocycles. The number of pyridine rings is 1. The third-order valence-electron chi connectivity index (χ3n) is 3.57. The van der Waals surface area contributed by atoms with Crippen LogP contribution in [0.1, 0.15) is 26.7 Å². The average Bonchev–Trinajstić information content (AvgIpc) is 2.46. The van der Waals surface area contributed by atoms with Gasteiger partial charge in [-0.1, -0.05) is 13.8 Å². The van der Waals surface area contributed by atoms with Gasteiger partial charge in [0.05, 0.1) is 0 Å². The molecule has 5 nitrogen and oxygen atoms in total. The third-order valence-corrected chi connectivity index (χ3v) is 5.42. The fourth-order valence-corrected chi connectivity index (χ4v) is 3.98. The Morgan fingerprint density at radius 3 is 2.95 bits per heavy atom. The molecule has 1 aromatic heterocycles. The summed E-state index contributed by atoms with van der Waals surface area (Å²) >= 11 is 0. The summed E-state index contributed by atoms with van der Waals surface area (Å²) in [5.74, 6) is 0.387. The van der Waals surface area contributed by atoms with E-state index in [4.69, 9.17) is 0 Å². The Balaban J connectivity index is 2.05. The second kappa shape index (κ2) is 6.65. The summed E-state index contributed by atoms with van der Waals surface area (Å²) < 4.78 is 26.7. The smallest absolute Gasteiger partial charge is 0.244 e. The zero-order valence-electron chi connectivity index (χ0n) is 12.1. The monoisotopic (exact) mass is 297 g/mol. The Morgan fingerprint density at radius 2 is 2.30 bits per heavy atom. The zero-order chi connectivity index (χ0) is 14.6. The molecule has 2 rings (SSSR count). The van der Waals surface area contributed by atoms with Crippen LogP contribution < -0.4 is 5.32 Å². The van der Waals surface area contributed by atoms with Gasteiger partial charge in [-0.2, -0.15) is 4.31 Å². The summed E-state index contributed by atoms with van der Waals surface area (Å²) in [7, 11) is -3.39. The summed E-state index contributed by atoms with van der Waals surface area (Å²) in [4.78, 5) is 4.20. The van der Waals surface area contributed by atoms with E-state index >= 15 is 0 Å². The van der Waals surface area contributed by atoms with Crippen molar-refractivity contribution in [1.29, 1.82) is 0 Å². The predicted molar refractivity (Wildman–Crippen MR) is 78.9 cm³/mol. The molecule has 0 aromatic carbocycles. The molecule has 0 bridgehead atoms. The first-order valence-electron chi connectivity index (χ1n) is 7.13. The van der Waals surface area contributed by atoms with Crippen LogP contribution in [0.2, 0.25) is 0 Å². The fourth-order valence-electron chi connectivity index (χ4n) is 2.46. The first-order valence-corrected chi connectivity index (χ1v) is 8.57. The van der Waals surface area contributed by atoms with Gasteiger partial charge < -0.3 is 5.32 Å². The maximum atomic E-state index is 12.5. The van der Waals surface area contributed by atoms with Crippen LogP contribution >= 0.6 is 0 Å². The SMILES string of the molecule is CC(C)NCC1CCCN(S(=O)(=O)c2cccnc2)C1. The molecule has 1 saturated heterocycles. The number of nitrogens with one attached hydrogen (secondary N) is 1. The molecule has 0 saturated carbocycles. The van der Waals surface area contributed by atoms with Crippen molar-refractivity contribution >= 4 is 10.0 Å². The molecule has 1 N–H and O–H groups in total. The highest BCUT2D eigenvalue weighted by molar-refractivity contribution is 7.89. The quantitative estimate of drug-likeness (QED) is 0.894. The summed E-state index contributed by atoms with van der Waals surface area (Å²) in [5.41, 5.74) is 0. The Morgan fingerprint density at radius 1 is 1.50 bits per heavy atom. The van der Waals surface area contributed by atoms with Crippen LogP contribution in [0.4, 0.5) is 0 Å². The van der Waals surface area contributed by atoms with Crippen LogP contribution in [0, 0.1) is 5.92 Å². The zero-order valence-corrected chi connectivity index (χ0v) is 12.9. The Hall–Kier alpha value is -0.980. The number of hydrogen-bond donors (Lipinski definition) is 1. The lowest BCUT2D eigenvalue weighted by atomic mass is 9.99. The number of rotatable bonds is 5. The molecule has 0 aliphatic carbocycles. The van der Waals surface area contributed by atoms with Crippen molar-refractivity contribution in [2.45, 2.75) is 37.6 Å². The molecule has 1 aliphatic rings. The highest BCUT2D eigenvalue weighted by Crippen LogP contribution is 2.22. The van der Waals surface area contributed by atoms with Gasteiger partial charge >= 0.3 is 0 Å². The van der Waals surface area contributed by atoms with Crippen LogP contribution in [0.5, 0.6) is 0 Å². The Kier molecular flexibility index (Phi) is 5.12. The maximum absolute atomic E-state index is 12.5. The van der Waals surface area contributed by atoms with Crippen LogP contribution in [0.3, 0.4) is 0 Å². The van der Waals surface area contributed by atoms with Gasteiger partial charge in [-0.3, -0.25) is 4.98 Å².